The first kappa shape index (κ1) is 29.6. The first-order valence-electron chi connectivity index (χ1n) is 13.5. The molecule has 3 heterocycles. The Morgan fingerprint density at radius 1 is 0.953 bits per heavy atom. The first-order chi connectivity index (χ1) is 20.8. The molecule has 0 spiro atoms. The quantitative estimate of drug-likeness (QED) is 0.138. The average molecular weight is 658 g/mol. The van der Waals surface area contributed by atoms with Crippen LogP contribution in [0, 0.1) is 17.1 Å². The van der Waals surface area contributed by atoms with Gasteiger partial charge in [0.2, 0.25) is 0 Å². The maximum Gasteiger partial charge on any atom is 0.141 e. The normalized spacial score (nSPS) is 16.0. The van der Waals surface area contributed by atoms with Gasteiger partial charge in [0.1, 0.15) is 11.9 Å². The Hall–Kier alpha value is -3.49. The fourth-order valence-corrected chi connectivity index (χ4v) is 6.01. The van der Waals surface area contributed by atoms with Crippen molar-refractivity contribution in [3.8, 4) is 6.07 Å². The van der Waals surface area contributed by atoms with E-state index in [1.54, 1.807) is 12.1 Å². The SMILES string of the molecule is N#Cc1cnc2c(Cl)cc(NC(C3=CN(C4CCNCC4)NN3)c3ccc(Cl)c(Cl)c3)cc2c1Nc1ccc(F)c(Cl)c1. The molecule has 0 radical (unpaired) electrons. The van der Waals surface area contributed by atoms with Crippen LogP contribution in [0.4, 0.5) is 21.5 Å². The molecule has 1 unspecified atom stereocenters. The smallest absolute Gasteiger partial charge is 0.141 e. The van der Waals surface area contributed by atoms with Gasteiger partial charge in [-0.2, -0.15) is 5.26 Å². The highest BCUT2D eigenvalue weighted by molar-refractivity contribution is 6.42. The predicted molar refractivity (Wildman–Crippen MR) is 171 cm³/mol. The number of rotatable bonds is 7. The number of hydrazine groups is 2. The number of hydrogen-bond acceptors (Lipinski definition) is 8. The van der Waals surface area contributed by atoms with Crippen LogP contribution < -0.4 is 26.9 Å². The second kappa shape index (κ2) is 12.6. The highest BCUT2D eigenvalue weighted by Gasteiger charge is 2.28. The largest absolute Gasteiger partial charge is 0.373 e. The molecule has 13 heteroatoms. The lowest BCUT2D eigenvalue weighted by atomic mass is 10.0. The standard InChI is InChI=1S/C30H25Cl4FN8/c31-22-3-1-16(9-23(22)32)29(27-15-43(42-41-27)20-5-7-37-8-6-20)40-19-10-21-28(39-18-2-4-26(35)24(33)11-18)17(13-36)14-38-30(21)25(34)12-19/h1-4,9-12,14-15,20,29,37,40-42H,5-8H2,(H,38,39). The van der Waals surface area contributed by atoms with Crippen molar-refractivity contribution in [1.82, 2.24) is 26.3 Å². The van der Waals surface area contributed by atoms with Crippen LogP contribution in [0.3, 0.4) is 0 Å². The minimum Gasteiger partial charge on any atom is -0.373 e. The number of aromatic nitrogens is 1. The van der Waals surface area contributed by atoms with Crippen LogP contribution in [0.5, 0.6) is 0 Å². The van der Waals surface area contributed by atoms with Crippen LogP contribution in [-0.2, 0) is 0 Å². The zero-order chi connectivity index (χ0) is 30.1. The Bertz CT molecular complexity index is 1770. The van der Waals surface area contributed by atoms with E-state index in [1.165, 1.54) is 24.4 Å². The number of nitrogens with zero attached hydrogens (tertiary/aromatic N) is 3. The van der Waals surface area contributed by atoms with Crippen molar-refractivity contribution in [2.75, 3.05) is 23.7 Å². The average Bonchev–Trinajstić information content (AvgIpc) is 3.50. The van der Waals surface area contributed by atoms with Crippen molar-refractivity contribution in [2.45, 2.75) is 24.9 Å². The Labute approximate surface area is 267 Å². The third kappa shape index (κ3) is 6.27. The van der Waals surface area contributed by atoms with E-state index in [0.717, 1.165) is 37.2 Å². The number of pyridine rings is 1. The van der Waals surface area contributed by atoms with Crippen molar-refractivity contribution in [1.29, 1.82) is 5.26 Å². The van der Waals surface area contributed by atoms with Crippen molar-refractivity contribution < 1.29 is 4.39 Å². The van der Waals surface area contributed by atoms with Crippen LogP contribution in [0.15, 0.2) is 66.6 Å². The molecule has 1 aromatic heterocycles. The van der Waals surface area contributed by atoms with E-state index in [0.29, 0.717) is 49.1 Å². The van der Waals surface area contributed by atoms with Crippen LogP contribution >= 0.6 is 46.4 Å². The molecule has 2 aliphatic heterocycles. The molecule has 0 saturated carbocycles. The first-order valence-corrected chi connectivity index (χ1v) is 15.0. The van der Waals surface area contributed by atoms with E-state index in [-0.39, 0.29) is 16.6 Å². The maximum atomic E-state index is 13.8. The summed E-state index contributed by atoms with van der Waals surface area (Å²) in [7, 11) is 0. The van der Waals surface area contributed by atoms with Gasteiger partial charge >= 0.3 is 0 Å². The van der Waals surface area contributed by atoms with Crippen molar-refractivity contribution in [2.24, 2.45) is 0 Å². The minimum absolute atomic E-state index is 0.0452. The summed E-state index contributed by atoms with van der Waals surface area (Å²) in [5, 5.41) is 24.0. The fourth-order valence-electron chi connectivity index (χ4n) is 5.25. The fraction of sp³-hybridized carbons (Fsp3) is 0.200. The lowest BCUT2D eigenvalue weighted by Gasteiger charge is -2.30. The van der Waals surface area contributed by atoms with Crippen LogP contribution in [0.25, 0.3) is 10.9 Å². The second-order valence-electron chi connectivity index (χ2n) is 10.2. The predicted octanol–water partition coefficient (Wildman–Crippen LogP) is 7.67. The van der Waals surface area contributed by atoms with Gasteiger partial charge < -0.3 is 21.4 Å². The molecular weight excluding hydrogens is 633 g/mol. The van der Waals surface area contributed by atoms with Gasteiger partial charge in [0.15, 0.2) is 0 Å². The third-order valence-corrected chi connectivity index (χ3v) is 8.76. The summed E-state index contributed by atoms with van der Waals surface area (Å²) in [6.07, 6.45) is 5.51. The highest BCUT2D eigenvalue weighted by Crippen LogP contribution is 2.38. The van der Waals surface area contributed by atoms with Gasteiger partial charge in [0.25, 0.3) is 0 Å². The number of nitriles is 1. The monoisotopic (exact) mass is 656 g/mol. The number of nitrogens with one attached hydrogen (secondary N) is 5. The van der Waals surface area contributed by atoms with Gasteiger partial charge in [0, 0.05) is 35.2 Å². The molecule has 0 aliphatic carbocycles. The lowest BCUT2D eigenvalue weighted by molar-refractivity contribution is 0.162. The summed E-state index contributed by atoms with van der Waals surface area (Å²) < 4.78 is 13.8. The molecule has 5 N–H and O–H groups in total. The Morgan fingerprint density at radius 3 is 2.49 bits per heavy atom. The Kier molecular flexibility index (Phi) is 8.68. The van der Waals surface area contributed by atoms with E-state index >= 15 is 0 Å². The molecule has 43 heavy (non-hydrogen) atoms. The number of hydrogen-bond donors (Lipinski definition) is 5. The van der Waals surface area contributed by atoms with Crippen LogP contribution in [0.2, 0.25) is 20.1 Å². The number of halogens is 5. The Balaban J connectivity index is 1.41. The van der Waals surface area contributed by atoms with Crippen molar-refractivity contribution in [3.63, 3.8) is 0 Å². The summed E-state index contributed by atoms with van der Waals surface area (Å²) >= 11 is 25.5. The van der Waals surface area contributed by atoms with Crippen LogP contribution in [0.1, 0.15) is 30.0 Å². The zero-order valence-corrected chi connectivity index (χ0v) is 25.5. The molecule has 1 atom stereocenters. The van der Waals surface area contributed by atoms with E-state index in [9.17, 15) is 9.65 Å². The molecule has 1 saturated heterocycles. The molecule has 1 fully saturated rings. The van der Waals surface area contributed by atoms with Crippen LogP contribution in [-0.4, -0.2) is 29.1 Å². The van der Waals surface area contributed by atoms with Gasteiger partial charge in [-0.15, -0.1) is 5.53 Å². The lowest BCUT2D eigenvalue weighted by Crippen LogP contribution is -2.47. The van der Waals surface area contributed by atoms with E-state index in [2.05, 4.69) is 49.2 Å². The van der Waals surface area contributed by atoms with E-state index in [4.69, 9.17) is 46.4 Å². The van der Waals surface area contributed by atoms with Gasteiger partial charge in [-0.05, 0) is 74.0 Å². The number of piperidine rings is 1. The summed E-state index contributed by atoms with van der Waals surface area (Å²) in [6.45, 7) is 1.91. The Morgan fingerprint density at radius 2 is 1.74 bits per heavy atom. The number of benzene rings is 3. The molecule has 4 aromatic rings. The summed E-state index contributed by atoms with van der Waals surface area (Å²) in [4.78, 5) is 4.44. The van der Waals surface area contributed by atoms with Gasteiger partial charge in [-0.25, -0.2) is 4.39 Å². The number of fused-ring (bicyclic) bond motifs is 1. The van der Waals surface area contributed by atoms with E-state index in [1.807, 2.05) is 18.2 Å². The molecular formula is C30H25Cl4FN8. The van der Waals surface area contributed by atoms with E-state index < -0.39 is 5.82 Å². The topological polar surface area (TPSA) is 100 Å². The molecule has 0 amide bonds. The summed E-state index contributed by atoms with van der Waals surface area (Å²) in [5.74, 6) is -0.543. The molecule has 2 aliphatic rings. The van der Waals surface area contributed by atoms with Gasteiger partial charge in [-0.3, -0.25) is 9.99 Å². The molecule has 220 valence electrons. The molecule has 3 aromatic carbocycles. The molecule has 0 bridgehead atoms. The molecule has 6 rings (SSSR count). The van der Waals surface area contributed by atoms with Gasteiger partial charge in [0.05, 0.1) is 48.6 Å². The zero-order valence-electron chi connectivity index (χ0n) is 22.5. The second-order valence-corrected chi connectivity index (χ2v) is 11.9. The van der Waals surface area contributed by atoms with Crippen molar-refractivity contribution >= 4 is 74.4 Å². The van der Waals surface area contributed by atoms with Crippen molar-refractivity contribution in [3.05, 3.63) is 104 Å². The summed E-state index contributed by atoms with van der Waals surface area (Å²) in [5.41, 5.74) is 10.7. The maximum absolute atomic E-state index is 13.8. The van der Waals surface area contributed by atoms with Gasteiger partial charge in [-0.1, -0.05) is 52.5 Å². The summed E-state index contributed by atoms with van der Waals surface area (Å²) in [6, 6.07) is 15.5. The third-order valence-electron chi connectivity index (χ3n) is 7.44. The number of anilines is 3. The molecule has 8 nitrogen and oxygen atoms in total. The minimum atomic E-state index is -0.543. The highest BCUT2D eigenvalue weighted by atomic mass is 35.5.